The molecule has 212 valence electrons. The van der Waals surface area contributed by atoms with Gasteiger partial charge in [-0.05, 0) is 67.5 Å². The van der Waals surface area contributed by atoms with E-state index in [0.29, 0.717) is 27.9 Å². The zero-order valence-corrected chi connectivity index (χ0v) is 24.8. The van der Waals surface area contributed by atoms with E-state index in [1.165, 1.54) is 23.6 Å². The molecular formula is C30H28BrN3O6S. The summed E-state index contributed by atoms with van der Waals surface area (Å²) < 4.78 is 11.3. The van der Waals surface area contributed by atoms with Crippen LogP contribution in [0.5, 0.6) is 5.75 Å². The quantitative estimate of drug-likeness (QED) is 0.0837. The van der Waals surface area contributed by atoms with Crippen molar-refractivity contribution in [3.05, 3.63) is 86.2 Å². The number of carbonyl (C=O) groups excluding carboxylic acids is 4. The molecule has 1 aromatic heterocycles. The first kappa shape index (κ1) is 29.9. The summed E-state index contributed by atoms with van der Waals surface area (Å²) in [5.74, 6) is -2.47. The lowest BCUT2D eigenvalue weighted by atomic mass is 9.88. The van der Waals surface area contributed by atoms with Crippen molar-refractivity contribution in [3.63, 3.8) is 0 Å². The average Bonchev–Trinajstić information content (AvgIpc) is 3.30. The van der Waals surface area contributed by atoms with Crippen LogP contribution >= 0.6 is 27.3 Å². The van der Waals surface area contributed by atoms with E-state index in [-0.39, 0.29) is 17.4 Å². The lowest BCUT2D eigenvalue weighted by Crippen LogP contribution is -2.32. The third-order valence-electron chi connectivity index (χ3n) is 6.19. The van der Waals surface area contributed by atoms with Crippen LogP contribution in [-0.4, -0.2) is 36.6 Å². The molecule has 0 bridgehead atoms. The van der Waals surface area contributed by atoms with Gasteiger partial charge in [0.05, 0.1) is 18.4 Å². The molecule has 1 aliphatic rings. The van der Waals surface area contributed by atoms with Gasteiger partial charge in [-0.25, -0.2) is 15.0 Å². The standard InChI is InChI=1S/C30H28BrN3O6S/c1-3-39-30(38)26-22-12-9-18(2)15-24(22)41-29(26)33-27(36)28(37)34-32-17-20-16-21(31)11-13-23(20)40-25(35)14-10-19-7-5-4-6-8-19/h4-8,10-11,13-14,16-18H,3,9,12,15H2,1-2H3,(H,33,36)(H,34,37)/b14-10+,32-17-/t18-/m0/s1. The second-order valence-electron chi connectivity index (χ2n) is 9.28. The molecule has 1 atom stereocenters. The van der Waals surface area contributed by atoms with Gasteiger partial charge in [-0.2, -0.15) is 5.10 Å². The van der Waals surface area contributed by atoms with E-state index < -0.39 is 23.8 Å². The second kappa shape index (κ2) is 14.0. The third-order valence-corrected chi connectivity index (χ3v) is 7.85. The van der Waals surface area contributed by atoms with Gasteiger partial charge in [0.1, 0.15) is 10.8 Å². The van der Waals surface area contributed by atoms with E-state index in [1.54, 1.807) is 31.2 Å². The highest BCUT2D eigenvalue weighted by Crippen LogP contribution is 2.40. The number of rotatable bonds is 8. The number of fused-ring (bicyclic) bond motifs is 1. The van der Waals surface area contributed by atoms with Crippen LogP contribution in [0.4, 0.5) is 5.00 Å². The van der Waals surface area contributed by atoms with Crippen molar-refractivity contribution in [1.82, 2.24) is 5.43 Å². The van der Waals surface area contributed by atoms with E-state index in [9.17, 15) is 19.2 Å². The van der Waals surface area contributed by atoms with E-state index in [4.69, 9.17) is 9.47 Å². The Morgan fingerprint density at radius 3 is 2.66 bits per heavy atom. The molecule has 0 aliphatic heterocycles. The number of nitrogens with one attached hydrogen (secondary N) is 2. The van der Waals surface area contributed by atoms with E-state index >= 15 is 0 Å². The maximum absolute atomic E-state index is 12.7. The summed E-state index contributed by atoms with van der Waals surface area (Å²) in [5.41, 5.74) is 4.58. The fraction of sp³-hybridized carbons (Fsp3) is 0.233. The molecule has 11 heteroatoms. The highest BCUT2D eigenvalue weighted by molar-refractivity contribution is 9.10. The van der Waals surface area contributed by atoms with Gasteiger partial charge >= 0.3 is 23.8 Å². The minimum absolute atomic E-state index is 0.193. The van der Waals surface area contributed by atoms with Gasteiger partial charge in [0.2, 0.25) is 0 Å². The summed E-state index contributed by atoms with van der Waals surface area (Å²) in [6.07, 6.45) is 6.61. The number of amides is 2. The van der Waals surface area contributed by atoms with Crippen molar-refractivity contribution in [2.24, 2.45) is 11.0 Å². The first-order chi connectivity index (χ1) is 19.7. The number of thiophene rings is 1. The van der Waals surface area contributed by atoms with Crippen LogP contribution in [0.25, 0.3) is 6.08 Å². The molecule has 2 N–H and O–H groups in total. The molecule has 0 fully saturated rings. The number of esters is 2. The maximum Gasteiger partial charge on any atom is 0.341 e. The zero-order valence-electron chi connectivity index (χ0n) is 22.4. The van der Waals surface area contributed by atoms with Crippen LogP contribution in [0, 0.1) is 5.92 Å². The first-order valence-electron chi connectivity index (χ1n) is 13.0. The molecule has 3 aromatic rings. The molecule has 41 heavy (non-hydrogen) atoms. The summed E-state index contributed by atoms with van der Waals surface area (Å²) in [6.45, 7) is 4.04. The van der Waals surface area contributed by atoms with Crippen LogP contribution in [0.3, 0.4) is 0 Å². The number of hydrazone groups is 1. The van der Waals surface area contributed by atoms with Crippen LogP contribution in [0.15, 0.2) is 64.2 Å². The molecule has 9 nitrogen and oxygen atoms in total. The Kier molecular flexibility index (Phi) is 10.2. The Morgan fingerprint density at radius 1 is 1.12 bits per heavy atom. The Hall–Kier alpha value is -4.09. The van der Waals surface area contributed by atoms with Crippen molar-refractivity contribution in [2.75, 3.05) is 11.9 Å². The number of nitrogens with zero attached hydrogens (tertiary/aromatic N) is 1. The molecule has 1 heterocycles. The topological polar surface area (TPSA) is 123 Å². The van der Waals surface area contributed by atoms with Gasteiger partial charge in [0, 0.05) is 21.0 Å². The maximum atomic E-state index is 12.7. The van der Waals surface area contributed by atoms with Gasteiger partial charge in [0.25, 0.3) is 0 Å². The van der Waals surface area contributed by atoms with Crippen LogP contribution in [-0.2, 0) is 32.0 Å². The van der Waals surface area contributed by atoms with Crippen LogP contribution in [0.2, 0.25) is 0 Å². The molecule has 1 aliphatic carbocycles. The lowest BCUT2D eigenvalue weighted by molar-refractivity contribution is -0.136. The van der Waals surface area contributed by atoms with Gasteiger partial charge < -0.3 is 14.8 Å². The molecule has 0 unspecified atom stereocenters. The van der Waals surface area contributed by atoms with Gasteiger partial charge in [-0.3, -0.25) is 9.59 Å². The summed E-state index contributed by atoms with van der Waals surface area (Å²) in [5, 5.41) is 6.71. The summed E-state index contributed by atoms with van der Waals surface area (Å²) >= 11 is 4.65. The van der Waals surface area contributed by atoms with Crippen molar-refractivity contribution < 1.29 is 28.7 Å². The van der Waals surface area contributed by atoms with Crippen molar-refractivity contribution in [3.8, 4) is 5.75 Å². The molecule has 2 aromatic carbocycles. The van der Waals surface area contributed by atoms with Crippen molar-refractivity contribution in [1.29, 1.82) is 0 Å². The highest BCUT2D eigenvalue weighted by Gasteiger charge is 2.30. The minimum Gasteiger partial charge on any atom is -0.462 e. The van der Waals surface area contributed by atoms with E-state index in [2.05, 4.69) is 38.7 Å². The Balaban J connectivity index is 1.42. The Labute approximate surface area is 249 Å². The predicted octanol–water partition coefficient (Wildman–Crippen LogP) is 5.52. The average molecular weight is 639 g/mol. The number of anilines is 1. The first-order valence-corrected chi connectivity index (χ1v) is 14.6. The summed E-state index contributed by atoms with van der Waals surface area (Å²) in [4.78, 5) is 51.3. The van der Waals surface area contributed by atoms with Crippen molar-refractivity contribution >= 4 is 68.3 Å². The summed E-state index contributed by atoms with van der Waals surface area (Å²) in [7, 11) is 0. The predicted molar refractivity (Wildman–Crippen MR) is 161 cm³/mol. The molecule has 2 amide bonds. The molecule has 0 saturated heterocycles. The molecular weight excluding hydrogens is 610 g/mol. The highest BCUT2D eigenvalue weighted by atomic mass is 79.9. The number of carbonyl (C=O) groups is 4. The fourth-order valence-corrected chi connectivity index (χ4v) is 5.99. The Bertz CT molecular complexity index is 1520. The van der Waals surface area contributed by atoms with E-state index in [1.807, 2.05) is 30.3 Å². The number of hydrogen-bond acceptors (Lipinski definition) is 8. The second-order valence-corrected chi connectivity index (χ2v) is 11.3. The number of hydrogen-bond donors (Lipinski definition) is 2. The van der Waals surface area contributed by atoms with E-state index in [0.717, 1.165) is 28.8 Å². The monoisotopic (exact) mass is 637 g/mol. The molecule has 4 rings (SSSR count). The smallest absolute Gasteiger partial charge is 0.341 e. The van der Waals surface area contributed by atoms with Gasteiger partial charge in [0.15, 0.2) is 0 Å². The van der Waals surface area contributed by atoms with Gasteiger partial charge in [-0.1, -0.05) is 53.2 Å². The molecule has 0 spiro atoms. The van der Waals surface area contributed by atoms with Gasteiger partial charge in [-0.15, -0.1) is 11.3 Å². The van der Waals surface area contributed by atoms with Crippen molar-refractivity contribution in [2.45, 2.75) is 33.1 Å². The third kappa shape index (κ3) is 7.99. The Morgan fingerprint density at radius 2 is 1.90 bits per heavy atom. The SMILES string of the molecule is CCOC(=O)c1c(NC(=O)C(=O)N/N=C\c2cc(Br)ccc2OC(=O)/C=C/c2ccccc2)sc2c1CC[C@H](C)C2. The number of benzene rings is 2. The lowest BCUT2D eigenvalue weighted by Gasteiger charge is -2.18. The minimum atomic E-state index is -1.03. The largest absolute Gasteiger partial charge is 0.462 e. The number of halogens is 1. The summed E-state index contributed by atoms with van der Waals surface area (Å²) in [6, 6.07) is 14.2. The fourth-order valence-electron chi connectivity index (χ4n) is 4.21. The molecule has 0 radical (unpaired) electrons. The zero-order chi connectivity index (χ0) is 29.4. The molecule has 0 saturated carbocycles. The van der Waals surface area contributed by atoms with Crippen LogP contribution < -0.4 is 15.5 Å². The number of ether oxygens (including phenoxy) is 2. The van der Waals surface area contributed by atoms with Crippen LogP contribution in [0.1, 0.15) is 52.2 Å². The normalized spacial score (nSPS) is 14.5.